The molecule has 118 valence electrons. The molecule has 23 heavy (non-hydrogen) atoms. The molecule has 0 bridgehead atoms. The Morgan fingerprint density at radius 1 is 1.04 bits per heavy atom. The second kappa shape index (κ2) is 6.60. The standard InChI is InChI=1S/C17H14Cl2N2O2/c18-13-7-4-8-14(19)16(13)21-10-11(9-15(21)22)17(23)20-12-5-2-1-3-6-12/h1-8,11H,9-10H2,(H,20,23). The molecule has 3 rings (SSSR count). The molecule has 2 aromatic rings. The van der Waals surface area contributed by atoms with Gasteiger partial charge in [0.15, 0.2) is 0 Å². The van der Waals surface area contributed by atoms with Gasteiger partial charge in [0.2, 0.25) is 11.8 Å². The van der Waals surface area contributed by atoms with E-state index in [9.17, 15) is 9.59 Å². The summed E-state index contributed by atoms with van der Waals surface area (Å²) >= 11 is 12.3. The van der Waals surface area contributed by atoms with Crippen molar-refractivity contribution in [2.45, 2.75) is 6.42 Å². The summed E-state index contributed by atoms with van der Waals surface area (Å²) in [6, 6.07) is 14.2. The Morgan fingerprint density at radius 2 is 1.70 bits per heavy atom. The van der Waals surface area contributed by atoms with Gasteiger partial charge in [0, 0.05) is 18.7 Å². The number of nitrogens with zero attached hydrogens (tertiary/aromatic N) is 1. The zero-order valence-corrected chi connectivity index (χ0v) is 13.6. The number of carbonyl (C=O) groups is 2. The predicted molar refractivity (Wildman–Crippen MR) is 92.0 cm³/mol. The first-order valence-electron chi connectivity index (χ1n) is 7.16. The molecule has 1 fully saturated rings. The van der Waals surface area contributed by atoms with Gasteiger partial charge in [-0.25, -0.2) is 0 Å². The zero-order valence-electron chi connectivity index (χ0n) is 12.1. The van der Waals surface area contributed by atoms with E-state index in [1.54, 1.807) is 30.3 Å². The number of amides is 2. The number of hydrogen-bond donors (Lipinski definition) is 1. The van der Waals surface area contributed by atoms with Gasteiger partial charge in [-0.05, 0) is 24.3 Å². The van der Waals surface area contributed by atoms with Gasteiger partial charge < -0.3 is 10.2 Å². The van der Waals surface area contributed by atoms with Crippen LogP contribution in [0.4, 0.5) is 11.4 Å². The normalized spacial score (nSPS) is 17.4. The van der Waals surface area contributed by atoms with E-state index in [4.69, 9.17) is 23.2 Å². The van der Waals surface area contributed by atoms with E-state index in [-0.39, 0.29) is 24.8 Å². The topological polar surface area (TPSA) is 49.4 Å². The van der Waals surface area contributed by atoms with E-state index >= 15 is 0 Å². The van der Waals surface area contributed by atoms with Crippen LogP contribution in [0.15, 0.2) is 48.5 Å². The molecular weight excluding hydrogens is 335 g/mol. The highest BCUT2D eigenvalue weighted by molar-refractivity contribution is 6.40. The van der Waals surface area contributed by atoms with E-state index in [2.05, 4.69) is 5.32 Å². The third-order valence-corrected chi connectivity index (χ3v) is 4.35. The first-order chi connectivity index (χ1) is 11.1. The van der Waals surface area contributed by atoms with Crippen molar-refractivity contribution in [2.24, 2.45) is 5.92 Å². The van der Waals surface area contributed by atoms with Crippen LogP contribution in [-0.2, 0) is 9.59 Å². The fraction of sp³-hybridized carbons (Fsp3) is 0.176. The molecule has 2 aromatic carbocycles. The summed E-state index contributed by atoms with van der Waals surface area (Å²) in [5.41, 5.74) is 1.18. The van der Waals surface area contributed by atoms with Crippen LogP contribution in [0.3, 0.4) is 0 Å². The van der Waals surface area contributed by atoms with Crippen LogP contribution >= 0.6 is 23.2 Å². The number of anilines is 2. The summed E-state index contributed by atoms with van der Waals surface area (Å²) in [6.07, 6.45) is 0.139. The van der Waals surface area contributed by atoms with Crippen LogP contribution < -0.4 is 10.2 Å². The quantitative estimate of drug-likeness (QED) is 0.911. The van der Waals surface area contributed by atoms with Crippen molar-refractivity contribution in [2.75, 3.05) is 16.8 Å². The molecule has 1 heterocycles. The van der Waals surface area contributed by atoms with Crippen molar-refractivity contribution in [3.8, 4) is 0 Å². The van der Waals surface area contributed by atoms with Gasteiger partial charge in [0.1, 0.15) is 0 Å². The van der Waals surface area contributed by atoms with Gasteiger partial charge in [-0.15, -0.1) is 0 Å². The zero-order chi connectivity index (χ0) is 16.4. The number of hydrogen-bond acceptors (Lipinski definition) is 2. The largest absolute Gasteiger partial charge is 0.326 e. The van der Waals surface area contributed by atoms with Crippen molar-refractivity contribution in [1.82, 2.24) is 0 Å². The summed E-state index contributed by atoms with van der Waals surface area (Å²) in [6.45, 7) is 0.265. The summed E-state index contributed by atoms with van der Waals surface area (Å²) in [5, 5.41) is 3.62. The Kier molecular flexibility index (Phi) is 4.55. The number of para-hydroxylation sites is 2. The highest BCUT2D eigenvalue weighted by atomic mass is 35.5. The molecule has 0 aromatic heterocycles. The minimum atomic E-state index is -0.435. The Hall–Kier alpha value is -2.04. The molecule has 0 radical (unpaired) electrons. The van der Waals surface area contributed by atoms with E-state index < -0.39 is 5.92 Å². The maximum atomic E-state index is 12.4. The van der Waals surface area contributed by atoms with Crippen LogP contribution in [0.1, 0.15) is 6.42 Å². The smallest absolute Gasteiger partial charge is 0.229 e. The van der Waals surface area contributed by atoms with Crippen LogP contribution in [-0.4, -0.2) is 18.4 Å². The van der Waals surface area contributed by atoms with Gasteiger partial charge in [-0.3, -0.25) is 9.59 Å². The van der Waals surface area contributed by atoms with Crippen LogP contribution in [0.2, 0.25) is 10.0 Å². The number of nitrogens with one attached hydrogen (secondary N) is 1. The summed E-state index contributed by atoms with van der Waals surface area (Å²) in [5.74, 6) is -0.779. The Bertz CT molecular complexity index is 729. The predicted octanol–water partition coefficient (Wildman–Crippen LogP) is 3.99. The third-order valence-electron chi connectivity index (χ3n) is 3.74. The van der Waals surface area contributed by atoms with Gasteiger partial charge in [-0.1, -0.05) is 47.5 Å². The fourth-order valence-electron chi connectivity index (χ4n) is 2.61. The van der Waals surface area contributed by atoms with Crippen LogP contribution in [0.5, 0.6) is 0 Å². The summed E-state index contributed by atoms with van der Waals surface area (Å²) < 4.78 is 0. The highest BCUT2D eigenvalue weighted by Gasteiger charge is 2.36. The lowest BCUT2D eigenvalue weighted by Crippen LogP contribution is -2.28. The van der Waals surface area contributed by atoms with Gasteiger partial charge in [0.25, 0.3) is 0 Å². The van der Waals surface area contributed by atoms with Crippen molar-refractivity contribution >= 4 is 46.4 Å². The second-order valence-corrected chi connectivity index (χ2v) is 6.15. The lowest BCUT2D eigenvalue weighted by atomic mass is 10.1. The SMILES string of the molecule is O=C(Nc1ccccc1)C1CC(=O)N(c2c(Cl)cccc2Cl)C1. The highest BCUT2D eigenvalue weighted by Crippen LogP contribution is 2.37. The Morgan fingerprint density at radius 3 is 2.35 bits per heavy atom. The first-order valence-corrected chi connectivity index (χ1v) is 7.92. The maximum Gasteiger partial charge on any atom is 0.229 e. The molecule has 4 nitrogen and oxygen atoms in total. The number of carbonyl (C=O) groups excluding carboxylic acids is 2. The fourth-order valence-corrected chi connectivity index (χ4v) is 3.21. The van der Waals surface area contributed by atoms with Crippen LogP contribution in [0, 0.1) is 5.92 Å². The number of halogens is 2. The van der Waals surface area contributed by atoms with E-state index in [1.807, 2.05) is 18.2 Å². The molecule has 2 amide bonds. The molecule has 0 aliphatic carbocycles. The third kappa shape index (κ3) is 3.33. The average Bonchev–Trinajstić information content (AvgIpc) is 2.90. The molecule has 1 saturated heterocycles. The number of benzene rings is 2. The Balaban J connectivity index is 1.76. The monoisotopic (exact) mass is 348 g/mol. The summed E-state index contributed by atoms with van der Waals surface area (Å²) in [4.78, 5) is 26.1. The van der Waals surface area contributed by atoms with E-state index in [0.717, 1.165) is 0 Å². The lowest BCUT2D eigenvalue weighted by Gasteiger charge is -2.19. The first kappa shape index (κ1) is 15.8. The van der Waals surface area contributed by atoms with Crippen LogP contribution in [0.25, 0.3) is 0 Å². The van der Waals surface area contributed by atoms with E-state index in [0.29, 0.717) is 21.4 Å². The maximum absolute atomic E-state index is 12.4. The lowest BCUT2D eigenvalue weighted by molar-refractivity contribution is -0.122. The second-order valence-electron chi connectivity index (χ2n) is 5.33. The van der Waals surface area contributed by atoms with Gasteiger partial charge in [0.05, 0.1) is 21.7 Å². The minimum absolute atomic E-state index is 0.139. The Labute approximate surface area is 144 Å². The molecule has 6 heteroatoms. The minimum Gasteiger partial charge on any atom is -0.326 e. The van der Waals surface area contributed by atoms with Gasteiger partial charge in [-0.2, -0.15) is 0 Å². The molecule has 1 aliphatic heterocycles. The molecule has 0 saturated carbocycles. The summed E-state index contributed by atoms with van der Waals surface area (Å²) in [7, 11) is 0. The molecule has 0 spiro atoms. The van der Waals surface area contributed by atoms with Crippen molar-refractivity contribution in [3.05, 3.63) is 58.6 Å². The van der Waals surface area contributed by atoms with Crippen molar-refractivity contribution in [1.29, 1.82) is 0 Å². The molecule has 1 aliphatic rings. The van der Waals surface area contributed by atoms with E-state index in [1.165, 1.54) is 4.90 Å². The molecule has 1 N–H and O–H groups in total. The molecular formula is C17H14Cl2N2O2. The van der Waals surface area contributed by atoms with Crippen molar-refractivity contribution < 1.29 is 9.59 Å². The van der Waals surface area contributed by atoms with Gasteiger partial charge >= 0.3 is 0 Å². The average molecular weight is 349 g/mol. The molecule has 1 atom stereocenters. The molecule has 1 unspecified atom stereocenters. The van der Waals surface area contributed by atoms with Crippen molar-refractivity contribution in [3.63, 3.8) is 0 Å². The number of rotatable bonds is 3.